The van der Waals surface area contributed by atoms with Crippen LogP contribution >= 0.6 is 0 Å². The first-order valence-electron chi connectivity index (χ1n) is 7.97. The highest BCUT2D eigenvalue weighted by molar-refractivity contribution is 7.92. The van der Waals surface area contributed by atoms with Gasteiger partial charge in [0.15, 0.2) is 0 Å². The molecule has 0 fully saturated rings. The van der Waals surface area contributed by atoms with Crippen molar-refractivity contribution < 1.29 is 13.6 Å². The zero-order chi connectivity index (χ0) is 18.6. The lowest BCUT2D eigenvalue weighted by molar-refractivity contribution is 0.319. The average molecular weight is 366 g/mol. The van der Waals surface area contributed by atoms with Gasteiger partial charge < -0.3 is 5.21 Å². The third kappa shape index (κ3) is 3.75. The molecule has 6 heteroatoms. The van der Waals surface area contributed by atoms with Crippen LogP contribution in [-0.2, 0) is 10.0 Å². The summed E-state index contributed by atoms with van der Waals surface area (Å²) in [4.78, 5) is 0.167. The molecule has 0 unspecified atom stereocenters. The molecule has 3 aromatic carbocycles. The van der Waals surface area contributed by atoms with E-state index in [-0.39, 0.29) is 10.6 Å². The van der Waals surface area contributed by atoms with E-state index in [1.165, 1.54) is 0 Å². The van der Waals surface area contributed by atoms with Crippen LogP contribution in [0.5, 0.6) is 0 Å². The Morgan fingerprint density at radius 2 is 1.50 bits per heavy atom. The third-order valence-electron chi connectivity index (χ3n) is 3.91. The number of rotatable bonds is 5. The zero-order valence-corrected chi connectivity index (χ0v) is 14.9. The van der Waals surface area contributed by atoms with E-state index < -0.39 is 10.0 Å². The van der Waals surface area contributed by atoms with Crippen LogP contribution in [0.3, 0.4) is 0 Å². The van der Waals surface area contributed by atoms with Crippen molar-refractivity contribution in [1.82, 2.24) is 0 Å². The molecule has 2 N–H and O–H groups in total. The van der Waals surface area contributed by atoms with E-state index >= 15 is 0 Å². The van der Waals surface area contributed by atoms with Crippen molar-refractivity contribution in [3.63, 3.8) is 0 Å². The molecule has 0 atom stereocenters. The Kier molecular flexibility index (Phi) is 5.04. The van der Waals surface area contributed by atoms with Gasteiger partial charge in [0.25, 0.3) is 10.0 Å². The molecule has 26 heavy (non-hydrogen) atoms. The maximum Gasteiger partial charge on any atom is 0.261 e. The molecule has 0 aromatic heterocycles. The summed E-state index contributed by atoms with van der Waals surface area (Å²) in [6.07, 6.45) is 0. The molecule has 0 aliphatic rings. The van der Waals surface area contributed by atoms with Crippen molar-refractivity contribution in [2.45, 2.75) is 11.8 Å². The molecular weight excluding hydrogens is 348 g/mol. The Bertz CT molecular complexity index is 1030. The Hall–Kier alpha value is -3.12. The first kappa shape index (κ1) is 17.7. The van der Waals surface area contributed by atoms with Crippen LogP contribution in [0.2, 0.25) is 0 Å². The van der Waals surface area contributed by atoms with E-state index in [2.05, 4.69) is 9.88 Å². The lowest BCUT2D eigenvalue weighted by atomic mass is 10.0. The second kappa shape index (κ2) is 7.41. The van der Waals surface area contributed by atoms with Crippen molar-refractivity contribution in [1.29, 1.82) is 0 Å². The van der Waals surface area contributed by atoms with Crippen LogP contribution in [0.15, 0.2) is 88.9 Å². The van der Waals surface area contributed by atoms with Gasteiger partial charge in [-0.1, -0.05) is 71.4 Å². The molecule has 5 nitrogen and oxygen atoms in total. The molecular formula is C20H18N2O3S. The van der Waals surface area contributed by atoms with Gasteiger partial charge in [0.05, 0.1) is 10.6 Å². The first-order chi connectivity index (χ1) is 12.5. The van der Waals surface area contributed by atoms with Gasteiger partial charge in [-0.05, 0) is 25.1 Å². The van der Waals surface area contributed by atoms with Gasteiger partial charge in [-0.3, -0.25) is 4.72 Å². The Morgan fingerprint density at radius 3 is 2.15 bits per heavy atom. The summed E-state index contributed by atoms with van der Waals surface area (Å²) < 4.78 is 28.0. The largest absolute Gasteiger partial charge is 0.410 e. The highest BCUT2D eigenvalue weighted by Gasteiger charge is 2.18. The maximum atomic E-state index is 12.7. The van der Waals surface area contributed by atoms with Gasteiger partial charge in [-0.15, -0.1) is 0 Å². The molecule has 3 aromatic rings. The quantitative estimate of drug-likeness (QED) is 0.407. The lowest BCUT2D eigenvalue weighted by Crippen LogP contribution is -2.16. The monoisotopic (exact) mass is 366 g/mol. The Balaban J connectivity index is 2.01. The number of anilines is 1. The number of hydrogen-bond acceptors (Lipinski definition) is 4. The number of para-hydroxylation sites is 1. The summed E-state index contributed by atoms with van der Waals surface area (Å²) in [5.41, 5.74) is 2.76. The van der Waals surface area contributed by atoms with E-state index in [9.17, 15) is 13.6 Å². The average Bonchev–Trinajstić information content (AvgIpc) is 2.65. The fourth-order valence-electron chi connectivity index (χ4n) is 2.56. The summed E-state index contributed by atoms with van der Waals surface area (Å²) in [5.74, 6) is 0. The van der Waals surface area contributed by atoms with Crippen LogP contribution in [0.1, 0.15) is 16.7 Å². The van der Waals surface area contributed by atoms with Gasteiger partial charge in [0.1, 0.15) is 5.71 Å². The van der Waals surface area contributed by atoms with Crippen LogP contribution in [-0.4, -0.2) is 19.3 Å². The third-order valence-corrected chi connectivity index (χ3v) is 5.29. The number of sulfonamides is 1. The second-order valence-electron chi connectivity index (χ2n) is 5.78. The second-order valence-corrected chi connectivity index (χ2v) is 7.46. The smallest absolute Gasteiger partial charge is 0.261 e. The van der Waals surface area contributed by atoms with Gasteiger partial charge in [-0.25, -0.2) is 8.42 Å². The van der Waals surface area contributed by atoms with Crippen molar-refractivity contribution in [2.75, 3.05) is 4.72 Å². The molecule has 0 saturated carbocycles. The zero-order valence-electron chi connectivity index (χ0n) is 14.1. The standard InChI is InChI=1S/C20H18N2O3S/c1-15-11-13-17(14-12-15)26(24,25)22-19-10-6-5-9-18(19)20(21-23)16-7-3-2-4-8-16/h2-14,22-23H,1H3/b21-20+. The maximum absolute atomic E-state index is 12.7. The summed E-state index contributed by atoms with van der Waals surface area (Å²) >= 11 is 0. The van der Waals surface area contributed by atoms with E-state index in [1.807, 2.05) is 25.1 Å². The Labute approximate surface area is 152 Å². The molecule has 0 amide bonds. The summed E-state index contributed by atoms with van der Waals surface area (Å²) in [7, 11) is -3.76. The Morgan fingerprint density at radius 1 is 0.885 bits per heavy atom. The number of oxime groups is 1. The first-order valence-corrected chi connectivity index (χ1v) is 9.46. The van der Waals surface area contributed by atoms with Crippen LogP contribution < -0.4 is 4.72 Å². The molecule has 0 heterocycles. The number of benzene rings is 3. The van der Waals surface area contributed by atoms with Crippen molar-refractivity contribution in [3.8, 4) is 0 Å². The van der Waals surface area contributed by atoms with Crippen LogP contribution in [0.4, 0.5) is 5.69 Å². The minimum Gasteiger partial charge on any atom is -0.410 e. The SMILES string of the molecule is Cc1ccc(S(=O)(=O)Nc2ccccc2/C(=N/O)c2ccccc2)cc1. The molecule has 132 valence electrons. The molecule has 0 aliphatic carbocycles. The minimum absolute atomic E-state index is 0.167. The highest BCUT2D eigenvalue weighted by atomic mass is 32.2. The molecule has 0 spiro atoms. The normalized spacial score (nSPS) is 12.0. The molecule has 0 saturated heterocycles. The van der Waals surface area contributed by atoms with Crippen molar-refractivity contribution in [3.05, 3.63) is 95.6 Å². The fourth-order valence-corrected chi connectivity index (χ4v) is 3.64. The molecule has 0 radical (unpaired) electrons. The fraction of sp³-hybridized carbons (Fsp3) is 0.0500. The van der Waals surface area contributed by atoms with Crippen LogP contribution in [0, 0.1) is 6.92 Å². The van der Waals surface area contributed by atoms with E-state index in [4.69, 9.17) is 0 Å². The number of aryl methyl sites for hydroxylation is 1. The van der Waals surface area contributed by atoms with E-state index in [0.29, 0.717) is 16.8 Å². The lowest BCUT2D eigenvalue weighted by Gasteiger charge is -2.14. The van der Waals surface area contributed by atoms with Crippen LogP contribution in [0.25, 0.3) is 0 Å². The highest BCUT2D eigenvalue weighted by Crippen LogP contribution is 2.23. The summed E-state index contributed by atoms with van der Waals surface area (Å²) in [6, 6.07) is 22.5. The number of hydrogen-bond donors (Lipinski definition) is 2. The predicted molar refractivity (Wildman–Crippen MR) is 102 cm³/mol. The molecule has 0 bridgehead atoms. The minimum atomic E-state index is -3.76. The van der Waals surface area contributed by atoms with Crippen molar-refractivity contribution in [2.24, 2.45) is 5.16 Å². The summed E-state index contributed by atoms with van der Waals surface area (Å²) in [6.45, 7) is 1.89. The van der Waals surface area contributed by atoms with Crippen molar-refractivity contribution >= 4 is 21.4 Å². The van der Waals surface area contributed by atoms with Gasteiger partial charge in [-0.2, -0.15) is 0 Å². The number of nitrogens with one attached hydrogen (secondary N) is 1. The summed E-state index contributed by atoms with van der Waals surface area (Å²) in [5, 5.41) is 12.9. The van der Waals surface area contributed by atoms with E-state index in [1.54, 1.807) is 60.7 Å². The predicted octanol–water partition coefficient (Wildman–Crippen LogP) is 4.02. The molecule has 3 rings (SSSR count). The van der Waals surface area contributed by atoms with E-state index in [0.717, 1.165) is 5.56 Å². The van der Waals surface area contributed by atoms with Gasteiger partial charge in [0, 0.05) is 11.1 Å². The number of nitrogens with zero attached hydrogens (tertiary/aromatic N) is 1. The topological polar surface area (TPSA) is 78.8 Å². The van der Waals surface area contributed by atoms with Gasteiger partial charge >= 0.3 is 0 Å². The molecule has 0 aliphatic heterocycles. The van der Waals surface area contributed by atoms with Gasteiger partial charge in [0.2, 0.25) is 0 Å².